The molecule has 0 amide bonds. The number of carboxylic acids is 1. The van der Waals surface area contributed by atoms with Crippen LogP contribution in [0.15, 0.2) is 0 Å². The monoisotopic (exact) mass is 283 g/mol. The van der Waals surface area contributed by atoms with Gasteiger partial charge in [0.05, 0.1) is 6.10 Å². The summed E-state index contributed by atoms with van der Waals surface area (Å²) in [6.07, 6.45) is 8.75. The summed E-state index contributed by atoms with van der Waals surface area (Å²) in [6.45, 7) is 6.76. The van der Waals surface area contributed by atoms with Gasteiger partial charge in [0, 0.05) is 19.1 Å². The summed E-state index contributed by atoms with van der Waals surface area (Å²) in [7, 11) is 0. The number of aliphatic carboxylic acids is 1. The molecule has 2 fully saturated rings. The van der Waals surface area contributed by atoms with Crippen molar-refractivity contribution in [1.29, 1.82) is 0 Å². The normalized spacial score (nSPS) is 29.0. The second-order valence-corrected chi connectivity index (χ2v) is 7.19. The molecule has 1 saturated heterocycles. The van der Waals surface area contributed by atoms with Crippen molar-refractivity contribution >= 4 is 5.97 Å². The molecule has 0 aromatic rings. The first-order chi connectivity index (χ1) is 9.46. The highest BCUT2D eigenvalue weighted by Gasteiger charge is 2.30. The van der Waals surface area contributed by atoms with E-state index in [1.807, 2.05) is 0 Å². The van der Waals surface area contributed by atoms with E-state index in [-0.39, 0.29) is 12.7 Å². The van der Waals surface area contributed by atoms with Gasteiger partial charge in [-0.3, -0.25) is 0 Å². The zero-order valence-corrected chi connectivity index (χ0v) is 12.9. The molecule has 0 aromatic carbocycles. The first-order valence-electron chi connectivity index (χ1n) is 8.04. The van der Waals surface area contributed by atoms with Gasteiger partial charge in [0.25, 0.3) is 0 Å². The Morgan fingerprint density at radius 2 is 1.90 bits per heavy atom. The molecule has 1 heterocycles. The van der Waals surface area contributed by atoms with Crippen molar-refractivity contribution in [2.75, 3.05) is 19.7 Å². The van der Waals surface area contributed by atoms with Gasteiger partial charge in [0.1, 0.15) is 6.61 Å². The van der Waals surface area contributed by atoms with Gasteiger partial charge in [0.2, 0.25) is 0 Å². The summed E-state index contributed by atoms with van der Waals surface area (Å²) < 4.78 is 5.41. The molecule has 20 heavy (non-hydrogen) atoms. The van der Waals surface area contributed by atoms with Crippen LogP contribution in [0.5, 0.6) is 0 Å². The first kappa shape index (κ1) is 15.8. The third-order valence-electron chi connectivity index (χ3n) is 4.98. The Bertz CT molecular complexity index is 322. The predicted octanol–water partition coefficient (Wildman–Crippen LogP) is 2.91. The minimum Gasteiger partial charge on any atom is -0.480 e. The topological polar surface area (TPSA) is 49.8 Å². The number of hydrogen-bond donors (Lipinski definition) is 1. The smallest absolute Gasteiger partial charge is 0.329 e. The standard InChI is InChI=1S/C16H29NO3/c1-16(2)8-3-4-13(5-9-16)17-10-6-14(7-11-17)20-12-15(18)19/h13-14H,3-12H2,1-2H3,(H,18,19). The molecular weight excluding hydrogens is 254 g/mol. The Morgan fingerprint density at radius 3 is 2.55 bits per heavy atom. The van der Waals surface area contributed by atoms with Crippen molar-refractivity contribution in [3.8, 4) is 0 Å². The van der Waals surface area contributed by atoms with Crippen LogP contribution in [-0.2, 0) is 9.53 Å². The number of hydrogen-bond acceptors (Lipinski definition) is 3. The molecule has 1 atom stereocenters. The van der Waals surface area contributed by atoms with Gasteiger partial charge in [-0.15, -0.1) is 0 Å². The molecule has 2 aliphatic rings. The fourth-order valence-electron chi connectivity index (χ4n) is 3.60. The van der Waals surface area contributed by atoms with Crippen molar-refractivity contribution in [3.63, 3.8) is 0 Å². The molecule has 1 saturated carbocycles. The van der Waals surface area contributed by atoms with Crippen molar-refractivity contribution in [2.24, 2.45) is 5.41 Å². The summed E-state index contributed by atoms with van der Waals surface area (Å²) in [4.78, 5) is 13.1. The molecule has 116 valence electrons. The Labute approximate surface area is 122 Å². The maximum Gasteiger partial charge on any atom is 0.329 e. The van der Waals surface area contributed by atoms with Gasteiger partial charge in [-0.1, -0.05) is 20.3 Å². The number of carboxylic acid groups (broad SMARTS) is 1. The molecule has 0 bridgehead atoms. The van der Waals surface area contributed by atoms with Gasteiger partial charge in [-0.2, -0.15) is 0 Å². The third-order valence-corrected chi connectivity index (χ3v) is 4.98. The van der Waals surface area contributed by atoms with E-state index in [2.05, 4.69) is 18.7 Å². The molecule has 2 rings (SSSR count). The third kappa shape index (κ3) is 4.74. The number of piperidine rings is 1. The lowest BCUT2D eigenvalue weighted by Crippen LogP contribution is -2.43. The Balaban J connectivity index is 1.74. The maximum atomic E-state index is 10.5. The van der Waals surface area contributed by atoms with E-state index in [0.29, 0.717) is 5.41 Å². The molecule has 0 aromatic heterocycles. The summed E-state index contributed by atoms with van der Waals surface area (Å²) >= 11 is 0. The quantitative estimate of drug-likeness (QED) is 0.806. The van der Waals surface area contributed by atoms with Crippen LogP contribution < -0.4 is 0 Å². The fourth-order valence-corrected chi connectivity index (χ4v) is 3.60. The molecule has 4 nitrogen and oxygen atoms in total. The lowest BCUT2D eigenvalue weighted by molar-refractivity contribution is -0.145. The highest BCUT2D eigenvalue weighted by Crippen LogP contribution is 2.36. The Kier molecular flexibility index (Phi) is 5.44. The number of likely N-dealkylation sites (tertiary alicyclic amines) is 1. The number of nitrogens with zero attached hydrogens (tertiary/aromatic N) is 1. The average molecular weight is 283 g/mol. The second kappa shape index (κ2) is 6.90. The van der Waals surface area contributed by atoms with Gasteiger partial charge in [-0.25, -0.2) is 4.79 Å². The summed E-state index contributed by atoms with van der Waals surface area (Å²) in [5.74, 6) is -0.863. The average Bonchev–Trinajstić information content (AvgIpc) is 2.58. The van der Waals surface area contributed by atoms with Crippen LogP contribution in [0.3, 0.4) is 0 Å². The SMILES string of the molecule is CC1(C)CCCC(N2CCC(OCC(=O)O)CC2)CC1. The maximum absolute atomic E-state index is 10.5. The van der Waals surface area contributed by atoms with E-state index in [0.717, 1.165) is 32.0 Å². The molecule has 4 heteroatoms. The minimum atomic E-state index is -0.863. The molecule has 0 radical (unpaired) electrons. The van der Waals surface area contributed by atoms with Crippen LogP contribution >= 0.6 is 0 Å². The highest BCUT2D eigenvalue weighted by molar-refractivity contribution is 5.68. The van der Waals surface area contributed by atoms with Gasteiger partial charge >= 0.3 is 5.97 Å². The van der Waals surface area contributed by atoms with Crippen LogP contribution in [0.1, 0.15) is 58.8 Å². The molecule has 1 N–H and O–H groups in total. The van der Waals surface area contributed by atoms with Gasteiger partial charge in [-0.05, 0) is 43.9 Å². The minimum absolute atomic E-state index is 0.143. The number of ether oxygens (including phenoxy) is 1. The summed E-state index contributed by atoms with van der Waals surface area (Å²) in [5.41, 5.74) is 0.512. The molecule has 1 aliphatic carbocycles. The zero-order valence-electron chi connectivity index (χ0n) is 12.9. The Morgan fingerprint density at radius 1 is 1.20 bits per heavy atom. The van der Waals surface area contributed by atoms with E-state index in [1.54, 1.807) is 0 Å². The van der Waals surface area contributed by atoms with Crippen molar-refractivity contribution in [1.82, 2.24) is 4.90 Å². The molecule has 0 spiro atoms. The first-order valence-corrected chi connectivity index (χ1v) is 8.04. The van der Waals surface area contributed by atoms with E-state index >= 15 is 0 Å². The summed E-state index contributed by atoms with van der Waals surface area (Å²) in [5, 5.41) is 8.64. The second-order valence-electron chi connectivity index (χ2n) is 7.19. The molecule has 1 unspecified atom stereocenters. The van der Waals surface area contributed by atoms with Crippen LogP contribution in [0, 0.1) is 5.41 Å². The number of rotatable bonds is 4. The molecule has 1 aliphatic heterocycles. The van der Waals surface area contributed by atoms with Crippen molar-refractivity contribution < 1.29 is 14.6 Å². The van der Waals surface area contributed by atoms with Gasteiger partial charge < -0.3 is 14.7 Å². The lowest BCUT2D eigenvalue weighted by Gasteiger charge is -2.37. The van der Waals surface area contributed by atoms with E-state index < -0.39 is 5.97 Å². The van der Waals surface area contributed by atoms with Crippen molar-refractivity contribution in [3.05, 3.63) is 0 Å². The van der Waals surface area contributed by atoms with E-state index in [4.69, 9.17) is 9.84 Å². The predicted molar refractivity (Wildman–Crippen MR) is 78.8 cm³/mol. The largest absolute Gasteiger partial charge is 0.480 e. The van der Waals surface area contributed by atoms with E-state index in [9.17, 15) is 4.79 Å². The number of carbonyl (C=O) groups is 1. The Hall–Kier alpha value is -0.610. The van der Waals surface area contributed by atoms with Crippen LogP contribution in [0.4, 0.5) is 0 Å². The van der Waals surface area contributed by atoms with Crippen LogP contribution in [0.25, 0.3) is 0 Å². The lowest BCUT2D eigenvalue weighted by atomic mass is 9.85. The van der Waals surface area contributed by atoms with E-state index in [1.165, 1.54) is 32.1 Å². The van der Waals surface area contributed by atoms with Gasteiger partial charge in [0.15, 0.2) is 0 Å². The summed E-state index contributed by atoms with van der Waals surface area (Å²) in [6, 6.07) is 0.734. The zero-order chi connectivity index (χ0) is 14.6. The van der Waals surface area contributed by atoms with Crippen molar-refractivity contribution in [2.45, 2.75) is 70.9 Å². The van der Waals surface area contributed by atoms with Crippen LogP contribution in [0.2, 0.25) is 0 Å². The van der Waals surface area contributed by atoms with Crippen LogP contribution in [-0.4, -0.2) is 47.8 Å². The molecular formula is C16H29NO3. The highest BCUT2D eigenvalue weighted by atomic mass is 16.5. The fraction of sp³-hybridized carbons (Fsp3) is 0.938.